The van der Waals surface area contributed by atoms with E-state index in [1.807, 2.05) is 6.92 Å². The fourth-order valence-electron chi connectivity index (χ4n) is 2.75. The quantitative estimate of drug-likeness (QED) is 0.564. The lowest BCUT2D eigenvalue weighted by molar-refractivity contribution is -0.148. The number of benzene rings is 1. The van der Waals surface area contributed by atoms with Crippen LogP contribution in [-0.4, -0.2) is 62.6 Å². The first-order chi connectivity index (χ1) is 13.0. The van der Waals surface area contributed by atoms with Gasteiger partial charge in [0.05, 0.1) is 27.2 Å². The van der Waals surface area contributed by atoms with Gasteiger partial charge in [0.15, 0.2) is 11.5 Å². The highest BCUT2D eigenvalue weighted by atomic mass is 16.5. The summed E-state index contributed by atoms with van der Waals surface area (Å²) in [4.78, 5) is 37.5. The van der Waals surface area contributed by atoms with E-state index < -0.39 is 12.0 Å². The van der Waals surface area contributed by atoms with Gasteiger partial charge in [0.25, 0.3) is 0 Å². The third-order valence-corrected chi connectivity index (χ3v) is 4.11. The molecule has 1 aromatic carbocycles. The molecule has 8 nitrogen and oxygen atoms in total. The fourth-order valence-corrected chi connectivity index (χ4v) is 2.75. The Hall–Kier alpha value is -3.03. The molecule has 0 aliphatic carbocycles. The summed E-state index contributed by atoms with van der Waals surface area (Å²) >= 11 is 0. The Labute approximate surface area is 158 Å². The number of nitrogens with zero attached hydrogens (tertiary/aromatic N) is 1. The van der Waals surface area contributed by atoms with Crippen molar-refractivity contribution in [2.75, 3.05) is 33.9 Å². The van der Waals surface area contributed by atoms with E-state index in [4.69, 9.17) is 9.47 Å². The van der Waals surface area contributed by atoms with E-state index in [1.54, 1.807) is 31.4 Å². The van der Waals surface area contributed by atoms with Crippen LogP contribution in [0.2, 0.25) is 0 Å². The monoisotopic (exact) mass is 376 g/mol. The molecule has 1 atom stereocenters. The number of carbonyl (C=O) groups excluding carboxylic acids is 3. The van der Waals surface area contributed by atoms with Gasteiger partial charge < -0.3 is 24.4 Å². The van der Waals surface area contributed by atoms with Crippen LogP contribution < -0.4 is 14.8 Å². The average molecular weight is 376 g/mol. The normalized spacial score (nSPS) is 16.8. The number of ether oxygens (including phenoxy) is 3. The van der Waals surface area contributed by atoms with E-state index >= 15 is 0 Å². The number of rotatable bonds is 7. The van der Waals surface area contributed by atoms with Gasteiger partial charge in [-0.2, -0.15) is 0 Å². The Bertz CT molecular complexity index is 731. The SMILES string of the molecule is CCOc1ccc(/C=C/C(=O)N2CCNC(=O)[C@@H]2CC(=O)OC)cc1OC. The predicted octanol–water partition coefficient (Wildman–Crippen LogP) is 0.997. The predicted molar refractivity (Wildman–Crippen MR) is 98.3 cm³/mol. The molecule has 0 radical (unpaired) electrons. The fraction of sp³-hybridized carbons (Fsp3) is 0.421. The molecule has 2 rings (SSSR count). The Balaban J connectivity index is 2.14. The maximum atomic E-state index is 12.6. The van der Waals surface area contributed by atoms with Gasteiger partial charge in [-0.05, 0) is 30.7 Å². The van der Waals surface area contributed by atoms with Crippen LogP contribution in [0.5, 0.6) is 11.5 Å². The van der Waals surface area contributed by atoms with Gasteiger partial charge >= 0.3 is 5.97 Å². The zero-order chi connectivity index (χ0) is 19.8. The summed E-state index contributed by atoms with van der Waals surface area (Å²) in [5, 5.41) is 2.66. The van der Waals surface area contributed by atoms with Gasteiger partial charge in [0.2, 0.25) is 11.8 Å². The van der Waals surface area contributed by atoms with Crippen molar-refractivity contribution >= 4 is 23.9 Å². The highest BCUT2D eigenvalue weighted by Gasteiger charge is 2.34. The minimum absolute atomic E-state index is 0.182. The van der Waals surface area contributed by atoms with Gasteiger partial charge in [-0.15, -0.1) is 0 Å². The van der Waals surface area contributed by atoms with Crippen molar-refractivity contribution in [3.8, 4) is 11.5 Å². The van der Waals surface area contributed by atoms with Crippen molar-refractivity contribution in [2.24, 2.45) is 0 Å². The number of nitrogens with one attached hydrogen (secondary N) is 1. The molecule has 146 valence electrons. The average Bonchev–Trinajstić information content (AvgIpc) is 2.68. The van der Waals surface area contributed by atoms with Gasteiger partial charge in [-0.1, -0.05) is 6.07 Å². The van der Waals surface area contributed by atoms with Crippen LogP contribution in [0.1, 0.15) is 18.9 Å². The second kappa shape index (κ2) is 9.61. The van der Waals surface area contributed by atoms with Crippen LogP contribution in [-0.2, 0) is 19.1 Å². The van der Waals surface area contributed by atoms with Crippen molar-refractivity contribution in [1.82, 2.24) is 10.2 Å². The highest BCUT2D eigenvalue weighted by Crippen LogP contribution is 2.28. The van der Waals surface area contributed by atoms with Crippen LogP contribution in [0.25, 0.3) is 6.08 Å². The zero-order valence-corrected chi connectivity index (χ0v) is 15.7. The molecule has 8 heteroatoms. The van der Waals surface area contributed by atoms with Gasteiger partial charge in [-0.3, -0.25) is 14.4 Å². The lowest BCUT2D eigenvalue weighted by Crippen LogP contribution is -2.57. The Morgan fingerprint density at radius 1 is 1.30 bits per heavy atom. The summed E-state index contributed by atoms with van der Waals surface area (Å²) in [6, 6.07) is 4.44. The van der Waals surface area contributed by atoms with Gasteiger partial charge in [-0.25, -0.2) is 0 Å². The van der Waals surface area contributed by atoms with Crippen LogP contribution in [0.4, 0.5) is 0 Å². The molecule has 0 bridgehead atoms. The van der Waals surface area contributed by atoms with Crippen LogP contribution in [0.3, 0.4) is 0 Å². The number of hydrogen-bond donors (Lipinski definition) is 1. The number of piperazine rings is 1. The summed E-state index contributed by atoms with van der Waals surface area (Å²) < 4.78 is 15.4. The van der Waals surface area contributed by atoms with Crippen LogP contribution in [0, 0.1) is 0 Å². The van der Waals surface area contributed by atoms with Gasteiger partial charge in [0.1, 0.15) is 6.04 Å². The molecule has 1 aliphatic rings. The maximum Gasteiger partial charge on any atom is 0.308 e. The molecule has 1 fully saturated rings. The van der Waals surface area contributed by atoms with Gasteiger partial charge in [0, 0.05) is 19.2 Å². The van der Waals surface area contributed by atoms with Crippen LogP contribution >= 0.6 is 0 Å². The first-order valence-corrected chi connectivity index (χ1v) is 8.64. The number of amides is 2. The molecule has 1 aliphatic heterocycles. The molecular weight excluding hydrogens is 352 g/mol. The molecule has 0 aromatic heterocycles. The number of carbonyl (C=O) groups is 3. The third kappa shape index (κ3) is 5.22. The van der Waals surface area contributed by atoms with E-state index in [9.17, 15) is 14.4 Å². The Morgan fingerprint density at radius 3 is 2.74 bits per heavy atom. The topological polar surface area (TPSA) is 94.2 Å². The number of methoxy groups -OCH3 is 2. The Morgan fingerprint density at radius 2 is 2.07 bits per heavy atom. The minimum Gasteiger partial charge on any atom is -0.493 e. The second-order valence-corrected chi connectivity index (χ2v) is 5.80. The van der Waals surface area contributed by atoms with E-state index in [0.29, 0.717) is 31.2 Å². The summed E-state index contributed by atoms with van der Waals surface area (Å²) in [6.07, 6.45) is 2.82. The third-order valence-electron chi connectivity index (χ3n) is 4.11. The van der Waals surface area contributed by atoms with E-state index in [0.717, 1.165) is 5.56 Å². The number of hydrogen-bond acceptors (Lipinski definition) is 6. The largest absolute Gasteiger partial charge is 0.493 e. The number of esters is 1. The van der Waals surface area contributed by atoms with Crippen molar-refractivity contribution in [3.05, 3.63) is 29.8 Å². The maximum absolute atomic E-state index is 12.6. The molecule has 27 heavy (non-hydrogen) atoms. The molecule has 1 aromatic rings. The van der Waals surface area contributed by atoms with Crippen LogP contribution in [0.15, 0.2) is 24.3 Å². The summed E-state index contributed by atoms with van der Waals surface area (Å²) in [7, 11) is 2.79. The van der Waals surface area contributed by atoms with Crippen molar-refractivity contribution in [2.45, 2.75) is 19.4 Å². The minimum atomic E-state index is -0.877. The Kier molecular flexibility index (Phi) is 7.22. The second-order valence-electron chi connectivity index (χ2n) is 5.80. The van der Waals surface area contributed by atoms with Crippen molar-refractivity contribution < 1.29 is 28.6 Å². The van der Waals surface area contributed by atoms with E-state index in [1.165, 1.54) is 18.1 Å². The van der Waals surface area contributed by atoms with Crippen molar-refractivity contribution in [3.63, 3.8) is 0 Å². The first-order valence-electron chi connectivity index (χ1n) is 8.64. The summed E-state index contributed by atoms with van der Waals surface area (Å²) in [6.45, 7) is 3.06. The molecule has 0 spiro atoms. The van der Waals surface area contributed by atoms with Crippen molar-refractivity contribution in [1.29, 1.82) is 0 Å². The lowest BCUT2D eigenvalue weighted by atomic mass is 10.1. The van der Waals surface area contributed by atoms with E-state index in [-0.39, 0.29) is 18.2 Å². The molecule has 1 N–H and O–H groups in total. The molecule has 0 unspecified atom stereocenters. The molecule has 1 heterocycles. The molecule has 0 saturated carbocycles. The summed E-state index contributed by atoms with van der Waals surface area (Å²) in [5.74, 6) is -0.0838. The highest BCUT2D eigenvalue weighted by molar-refractivity contribution is 5.97. The molecule has 1 saturated heterocycles. The molecular formula is C19H24N2O6. The zero-order valence-electron chi connectivity index (χ0n) is 15.7. The first kappa shape index (κ1) is 20.3. The smallest absolute Gasteiger partial charge is 0.308 e. The summed E-state index contributed by atoms with van der Waals surface area (Å²) in [5.41, 5.74) is 0.745. The molecule has 2 amide bonds. The van der Waals surface area contributed by atoms with E-state index in [2.05, 4.69) is 10.1 Å². The standard InChI is InChI=1S/C19H24N2O6/c1-4-27-15-7-5-13(11-16(15)25-2)6-8-17(22)21-10-9-20-19(24)14(21)12-18(23)26-3/h5-8,11,14H,4,9-10,12H2,1-3H3,(H,20,24)/b8-6+/t14-/m0/s1. The lowest BCUT2D eigenvalue weighted by Gasteiger charge is -2.33.